The maximum absolute atomic E-state index is 9.64. The highest BCUT2D eigenvalue weighted by Crippen LogP contribution is 2.17. The fraction of sp³-hybridized carbons (Fsp3) is 0.462. The lowest BCUT2D eigenvalue weighted by atomic mass is 10.3. The molecule has 0 aliphatic rings. The van der Waals surface area contributed by atoms with Gasteiger partial charge in [-0.1, -0.05) is 12.1 Å². The predicted molar refractivity (Wildman–Crippen MR) is 70.2 cm³/mol. The molecule has 0 fully saturated rings. The summed E-state index contributed by atoms with van der Waals surface area (Å²) in [7, 11) is 3.96. The van der Waals surface area contributed by atoms with Crippen LogP contribution in [-0.2, 0) is 13.1 Å². The van der Waals surface area contributed by atoms with Gasteiger partial charge >= 0.3 is 0 Å². The zero-order valence-electron chi connectivity index (χ0n) is 10.7. The molecule has 0 bridgehead atoms. The van der Waals surface area contributed by atoms with E-state index in [-0.39, 0.29) is 6.61 Å². The molecule has 0 saturated heterocycles. The first-order chi connectivity index (χ1) is 8.61. The number of hydrogen-bond acceptors (Lipinski definition) is 4. The van der Waals surface area contributed by atoms with Crippen LogP contribution in [0.25, 0.3) is 11.0 Å². The van der Waals surface area contributed by atoms with Gasteiger partial charge in [0.25, 0.3) is 0 Å². The molecule has 0 amide bonds. The Bertz CT molecular complexity index is 522. The number of imidazole rings is 1. The fourth-order valence-electron chi connectivity index (χ4n) is 2.00. The Morgan fingerprint density at radius 1 is 1.33 bits per heavy atom. The molecule has 1 aromatic heterocycles. The first-order valence-electron chi connectivity index (χ1n) is 5.99. The Morgan fingerprint density at radius 2 is 2.06 bits per heavy atom. The summed E-state index contributed by atoms with van der Waals surface area (Å²) in [6.45, 7) is 0.820. The van der Waals surface area contributed by atoms with Crippen molar-refractivity contribution in [3.05, 3.63) is 30.1 Å². The van der Waals surface area contributed by atoms with Crippen LogP contribution < -0.4 is 0 Å². The number of aromatic nitrogens is 2. The van der Waals surface area contributed by atoms with Gasteiger partial charge in [0, 0.05) is 0 Å². The monoisotopic (exact) mass is 249 g/mol. The van der Waals surface area contributed by atoms with Gasteiger partial charge in [0.05, 0.1) is 36.8 Å². The summed E-state index contributed by atoms with van der Waals surface area (Å²) in [4.78, 5) is 6.60. The number of aliphatic hydroxyl groups excluding tert-OH is 2. The Labute approximate surface area is 106 Å². The topological polar surface area (TPSA) is 61.5 Å². The lowest BCUT2D eigenvalue weighted by Gasteiger charge is -2.15. The average Bonchev–Trinajstić information content (AvgIpc) is 2.66. The number of fused-ring (bicyclic) bond motifs is 1. The van der Waals surface area contributed by atoms with E-state index in [1.807, 2.05) is 47.8 Å². The van der Waals surface area contributed by atoms with Crippen molar-refractivity contribution in [1.82, 2.24) is 14.5 Å². The first kappa shape index (κ1) is 13.0. The van der Waals surface area contributed by atoms with E-state index in [4.69, 9.17) is 5.11 Å². The number of rotatable bonds is 5. The molecular weight excluding hydrogens is 230 g/mol. The highest BCUT2D eigenvalue weighted by Gasteiger charge is 2.13. The molecule has 1 heterocycles. The number of aliphatic hydroxyl groups is 2. The molecule has 98 valence electrons. The third kappa shape index (κ3) is 2.69. The van der Waals surface area contributed by atoms with E-state index >= 15 is 0 Å². The smallest absolute Gasteiger partial charge is 0.124 e. The third-order valence-corrected chi connectivity index (χ3v) is 2.80. The third-order valence-electron chi connectivity index (χ3n) is 2.80. The normalized spacial score (nSPS) is 13.4. The van der Waals surface area contributed by atoms with Gasteiger partial charge in [-0.25, -0.2) is 4.98 Å². The molecule has 0 spiro atoms. The van der Waals surface area contributed by atoms with Crippen LogP contribution in [0.4, 0.5) is 0 Å². The van der Waals surface area contributed by atoms with Crippen molar-refractivity contribution in [3.8, 4) is 0 Å². The summed E-state index contributed by atoms with van der Waals surface area (Å²) in [6, 6.07) is 7.83. The largest absolute Gasteiger partial charge is 0.394 e. The van der Waals surface area contributed by atoms with E-state index in [2.05, 4.69) is 4.98 Å². The maximum atomic E-state index is 9.64. The molecule has 2 N–H and O–H groups in total. The summed E-state index contributed by atoms with van der Waals surface area (Å²) in [5.74, 6) is 0.897. The molecule has 18 heavy (non-hydrogen) atoms. The van der Waals surface area contributed by atoms with Gasteiger partial charge in [-0.2, -0.15) is 0 Å². The molecule has 0 aliphatic carbocycles. The van der Waals surface area contributed by atoms with Gasteiger partial charge in [-0.15, -0.1) is 0 Å². The van der Waals surface area contributed by atoms with Crippen molar-refractivity contribution < 1.29 is 10.2 Å². The summed E-state index contributed by atoms with van der Waals surface area (Å²) in [5.41, 5.74) is 1.90. The van der Waals surface area contributed by atoms with Gasteiger partial charge in [-0.05, 0) is 26.2 Å². The second-order valence-electron chi connectivity index (χ2n) is 4.70. The van der Waals surface area contributed by atoms with E-state index in [1.54, 1.807) is 0 Å². The molecule has 0 radical (unpaired) electrons. The number of benzene rings is 1. The van der Waals surface area contributed by atoms with Gasteiger partial charge in [0.2, 0.25) is 0 Å². The van der Waals surface area contributed by atoms with E-state index in [0.29, 0.717) is 13.1 Å². The van der Waals surface area contributed by atoms with Crippen molar-refractivity contribution in [1.29, 1.82) is 0 Å². The molecule has 0 aliphatic heterocycles. The van der Waals surface area contributed by atoms with Crippen molar-refractivity contribution >= 4 is 11.0 Å². The Hall–Kier alpha value is -1.43. The van der Waals surface area contributed by atoms with Gasteiger partial charge in [0.15, 0.2) is 0 Å². The maximum Gasteiger partial charge on any atom is 0.124 e. The van der Waals surface area contributed by atoms with Crippen LogP contribution in [0.1, 0.15) is 5.82 Å². The molecule has 2 aromatic rings. The Balaban J connectivity index is 2.43. The molecular formula is C13H19N3O2. The molecule has 5 heteroatoms. The highest BCUT2D eigenvalue weighted by molar-refractivity contribution is 5.75. The zero-order chi connectivity index (χ0) is 13.1. The molecule has 2 rings (SSSR count). The minimum absolute atomic E-state index is 0.242. The van der Waals surface area contributed by atoms with E-state index in [0.717, 1.165) is 16.9 Å². The lowest BCUT2D eigenvalue weighted by Crippen LogP contribution is -2.23. The number of nitrogens with zero attached hydrogens (tertiary/aromatic N) is 3. The van der Waals surface area contributed by atoms with E-state index < -0.39 is 6.10 Å². The summed E-state index contributed by atoms with van der Waals surface area (Å²) < 4.78 is 1.97. The minimum atomic E-state index is -0.761. The molecule has 5 nitrogen and oxygen atoms in total. The fourth-order valence-corrected chi connectivity index (χ4v) is 2.00. The SMILES string of the molecule is CN(C)Cc1nc2ccccc2n1CC(O)CO. The molecule has 1 unspecified atom stereocenters. The number of para-hydroxylation sites is 2. The molecule has 1 atom stereocenters. The van der Waals surface area contributed by atoms with E-state index in [9.17, 15) is 5.11 Å². The van der Waals surface area contributed by atoms with Crippen molar-refractivity contribution in [2.24, 2.45) is 0 Å². The van der Waals surface area contributed by atoms with E-state index in [1.165, 1.54) is 0 Å². The summed E-state index contributed by atoms with van der Waals surface area (Å²) in [6.07, 6.45) is -0.761. The van der Waals surface area contributed by atoms with Crippen molar-refractivity contribution in [2.45, 2.75) is 19.2 Å². The van der Waals surface area contributed by atoms with Gasteiger partial charge in [-0.3, -0.25) is 0 Å². The van der Waals surface area contributed by atoms with Crippen LogP contribution in [-0.4, -0.2) is 51.5 Å². The first-order valence-corrected chi connectivity index (χ1v) is 5.99. The Kier molecular flexibility index (Phi) is 3.96. The second kappa shape index (κ2) is 5.48. The second-order valence-corrected chi connectivity index (χ2v) is 4.70. The van der Waals surface area contributed by atoms with Crippen LogP contribution in [0, 0.1) is 0 Å². The Morgan fingerprint density at radius 3 is 2.72 bits per heavy atom. The summed E-state index contributed by atoms with van der Waals surface area (Å²) >= 11 is 0. The van der Waals surface area contributed by atoms with Crippen LogP contribution in [0.2, 0.25) is 0 Å². The zero-order valence-corrected chi connectivity index (χ0v) is 10.7. The van der Waals surface area contributed by atoms with Crippen LogP contribution >= 0.6 is 0 Å². The van der Waals surface area contributed by atoms with Gasteiger partial charge in [0.1, 0.15) is 5.82 Å². The van der Waals surface area contributed by atoms with Crippen LogP contribution in [0.3, 0.4) is 0 Å². The highest BCUT2D eigenvalue weighted by atomic mass is 16.3. The summed E-state index contributed by atoms with van der Waals surface area (Å²) in [5, 5.41) is 18.6. The molecule has 0 saturated carbocycles. The minimum Gasteiger partial charge on any atom is -0.394 e. The van der Waals surface area contributed by atoms with Crippen molar-refractivity contribution in [3.63, 3.8) is 0 Å². The quantitative estimate of drug-likeness (QED) is 0.807. The van der Waals surface area contributed by atoms with Crippen LogP contribution in [0.5, 0.6) is 0 Å². The lowest BCUT2D eigenvalue weighted by molar-refractivity contribution is 0.0810. The number of hydrogen-bond donors (Lipinski definition) is 2. The molecule has 1 aromatic carbocycles. The van der Waals surface area contributed by atoms with Crippen molar-refractivity contribution in [2.75, 3.05) is 20.7 Å². The predicted octanol–water partition coefficient (Wildman–Crippen LogP) is 0.451. The van der Waals surface area contributed by atoms with Gasteiger partial charge < -0.3 is 19.7 Å². The van der Waals surface area contributed by atoms with Crippen LogP contribution in [0.15, 0.2) is 24.3 Å². The standard InChI is InChI=1S/C13H19N3O2/c1-15(2)8-13-14-11-5-3-4-6-12(11)16(13)7-10(18)9-17/h3-6,10,17-18H,7-9H2,1-2H3. The average molecular weight is 249 g/mol.